The van der Waals surface area contributed by atoms with Crippen LogP contribution < -0.4 is 20.3 Å². The lowest BCUT2D eigenvalue weighted by Crippen LogP contribution is -2.33. The number of benzene rings is 6. The minimum absolute atomic E-state index is 0.0562. The van der Waals surface area contributed by atoms with Crippen molar-refractivity contribution in [2.75, 3.05) is 37.5 Å². The van der Waals surface area contributed by atoms with Crippen molar-refractivity contribution in [3.63, 3.8) is 0 Å². The van der Waals surface area contributed by atoms with Crippen molar-refractivity contribution in [1.29, 1.82) is 0 Å². The zero-order chi connectivity index (χ0) is 41.8. The monoisotopic (exact) mass is 795 g/mol. The maximum Gasteiger partial charge on any atom is 0.243 e. The van der Waals surface area contributed by atoms with Crippen molar-refractivity contribution >= 4 is 23.2 Å². The number of carbonyl (C=O) groups is 2. The molecule has 2 N–H and O–H groups in total. The highest BCUT2D eigenvalue weighted by atomic mass is 16.5. The second-order valence-electron chi connectivity index (χ2n) is 15.4. The van der Waals surface area contributed by atoms with E-state index in [-0.39, 0.29) is 18.4 Å². The third-order valence-electron chi connectivity index (χ3n) is 10.8. The molecule has 60 heavy (non-hydrogen) atoms. The van der Waals surface area contributed by atoms with E-state index in [1.807, 2.05) is 80.8 Å². The van der Waals surface area contributed by atoms with Gasteiger partial charge in [0.15, 0.2) is 0 Å². The van der Waals surface area contributed by atoms with E-state index in [0.717, 1.165) is 83.3 Å². The van der Waals surface area contributed by atoms with Crippen molar-refractivity contribution in [2.45, 2.75) is 63.2 Å². The van der Waals surface area contributed by atoms with Crippen molar-refractivity contribution < 1.29 is 14.3 Å². The SMILES string of the molecule is CN(C)c1ccc(C#Cc2ccc(OCCCCCCCCCCC(=O)NCC(=O)Nc3ccc(C(c4ccccc4)(c4ccccc4)c4ccccc4)cc3)cc2)cc1. The van der Waals surface area contributed by atoms with Gasteiger partial charge in [-0.05, 0) is 95.8 Å². The van der Waals surface area contributed by atoms with Crippen molar-refractivity contribution in [2.24, 2.45) is 0 Å². The highest BCUT2D eigenvalue weighted by Gasteiger charge is 2.38. The van der Waals surface area contributed by atoms with Crippen LogP contribution in [0.15, 0.2) is 164 Å². The van der Waals surface area contributed by atoms with Gasteiger partial charge in [0.2, 0.25) is 11.8 Å². The predicted molar refractivity (Wildman–Crippen MR) is 247 cm³/mol. The predicted octanol–water partition coefficient (Wildman–Crippen LogP) is 11.2. The lowest BCUT2D eigenvalue weighted by atomic mass is 9.65. The molecule has 6 heteroatoms. The topological polar surface area (TPSA) is 70.7 Å². The van der Waals surface area contributed by atoms with Crippen LogP contribution in [-0.2, 0) is 15.0 Å². The number of nitrogens with one attached hydrogen (secondary N) is 2. The number of ether oxygens (including phenoxy) is 1. The van der Waals surface area contributed by atoms with E-state index in [9.17, 15) is 9.59 Å². The maximum atomic E-state index is 12.8. The zero-order valence-corrected chi connectivity index (χ0v) is 35.0. The molecule has 0 bridgehead atoms. The lowest BCUT2D eigenvalue weighted by Gasteiger charge is -2.37. The van der Waals surface area contributed by atoms with E-state index in [4.69, 9.17) is 4.74 Å². The Bertz CT molecular complexity index is 2160. The fourth-order valence-corrected chi connectivity index (χ4v) is 7.60. The van der Waals surface area contributed by atoms with Gasteiger partial charge in [0.05, 0.1) is 18.6 Å². The molecule has 6 aromatic carbocycles. The van der Waals surface area contributed by atoms with Crippen LogP contribution >= 0.6 is 0 Å². The van der Waals surface area contributed by atoms with Gasteiger partial charge in [0.25, 0.3) is 0 Å². The minimum atomic E-state index is -0.553. The van der Waals surface area contributed by atoms with Gasteiger partial charge in [0.1, 0.15) is 5.75 Å². The van der Waals surface area contributed by atoms with Crippen LogP contribution in [0.4, 0.5) is 11.4 Å². The molecule has 0 radical (unpaired) electrons. The summed E-state index contributed by atoms with van der Waals surface area (Å²) in [6, 6.07) is 55.9. The van der Waals surface area contributed by atoms with Crippen LogP contribution in [0.2, 0.25) is 0 Å². The normalized spacial score (nSPS) is 10.9. The molecule has 0 aromatic heterocycles. The summed E-state index contributed by atoms with van der Waals surface area (Å²) in [5.74, 6) is 6.99. The summed E-state index contributed by atoms with van der Waals surface area (Å²) in [7, 11) is 4.06. The molecular formula is C54H57N3O3. The molecule has 0 aliphatic rings. The number of unbranched alkanes of at least 4 members (excludes halogenated alkanes) is 7. The van der Waals surface area contributed by atoms with Crippen LogP contribution in [0.1, 0.15) is 91.2 Å². The summed E-state index contributed by atoms with van der Waals surface area (Å²) in [6.45, 7) is 0.654. The van der Waals surface area contributed by atoms with Gasteiger partial charge in [-0.2, -0.15) is 0 Å². The summed E-state index contributed by atoms with van der Waals surface area (Å²) in [5.41, 5.74) is 7.81. The molecule has 0 atom stereocenters. The summed E-state index contributed by atoms with van der Waals surface area (Å²) in [4.78, 5) is 27.4. The van der Waals surface area contributed by atoms with Gasteiger partial charge in [-0.3, -0.25) is 9.59 Å². The molecule has 6 rings (SSSR count). The van der Waals surface area contributed by atoms with Gasteiger partial charge in [0, 0.05) is 43.0 Å². The molecule has 0 spiro atoms. The molecule has 0 unspecified atom stereocenters. The first-order chi connectivity index (χ1) is 29.4. The van der Waals surface area contributed by atoms with Crippen LogP contribution in [-0.4, -0.2) is 39.1 Å². The Morgan fingerprint density at radius 3 is 1.47 bits per heavy atom. The third kappa shape index (κ3) is 12.2. The molecule has 306 valence electrons. The van der Waals surface area contributed by atoms with E-state index in [1.54, 1.807) is 0 Å². The maximum absolute atomic E-state index is 12.8. The van der Waals surface area contributed by atoms with Crippen molar-refractivity contribution in [1.82, 2.24) is 5.32 Å². The van der Waals surface area contributed by atoms with Gasteiger partial charge in [-0.1, -0.05) is 153 Å². The van der Waals surface area contributed by atoms with E-state index in [2.05, 4.69) is 124 Å². The van der Waals surface area contributed by atoms with E-state index in [0.29, 0.717) is 18.7 Å². The average molecular weight is 796 g/mol. The number of hydrogen-bond donors (Lipinski definition) is 2. The Morgan fingerprint density at radius 2 is 0.967 bits per heavy atom. The largest absolute Gasteiger partial charge is 0.494 e. The number of rotatable bonds is 20. The van der Waals surface area contributed by atoms with E-state index >= 15 is 0 Å². The summed E-state index contributed by atoms with van der Waals surface area (Å²) >= 11 is 0. The number of carbonyl (C=O) groups excluding carboxylic acids is 2. The van der Waals surface area contributed by atoms with Crippen molar-refractivity contribution in [3.05, 3.63) is 197 Å². The molecule has 0 saturated heterocycles. The molecule has 0 aliphatic heterocycles. The smallest absolute Gasteiger partial charge is 0.243 e. The van der Waals surface area contributed by atoms with Crippen LogP contribution in [0.25, 0.3) is 0 Å². The Kier molecular flexibility index (Phi) is 16.2. The quantitative estimate of drug-likeness (QED) is 0.0459. The first-order valence-corrected chi connectivity index (χ1v) is 21.3. The van der Waals surface area contributed by atoms with Gasteiger partial charge < -0.3 is 20.3 Å². The van der Waals surface area contributed by atoms with Crippen LogP contribution in [0.3, 0.4) is 0 Å². The lowest BCUT2D eigenvalue weighted by molar-refractivity contribution is -0.124. The minimum Gasteiger partial charge on any atom is -0.494 e. The first-order valence-electron chi connectivity index (χ1n) is 21.3. The van der Waals surface area contributed by atoms with Crippen LogP contribution in [0.5, 0.6) is 5.75 Å². The van der Waals surface area contributed by atoms with Gasteiger partial charge in [-0.15, -0.1) is 0 Å². The van der Waals surface area contributed by atoms with E-state index < -0.39 is 5.41 Å². The second kappa shape index (κ2) is 22.5. The molecule has 0 heterocycles. The summed E-state index contributed by atoms with van der Waals surface area (Å²) < 4.78 is 5.95. The summed E-state index contributed by atoms with van der Waals surface area (Å²) in [5, 5.41) is 5.75. The molecule has 6 aromatic rings. The van der Waals surface area contributed by atoms with Gasteiger partial charge >= 0.3 is 0 Å². The average Bonchev–Trinajstić information content (AvgIpc) is 3.29. The zero-order valence-electron chi connectivity index (χ0n) is 35.0. The Morgan fingerprint density at radius 1 is 0.517 bits per heavy atom. The first kappa shape index (κ1) is 43.0. The number of hydrogen-bond acceptors (Lipinski definition) is 4. The highest BCUT2D eigenvalue weighted by Crippen LogP contribution is 2.45. The fraction of sp³-hybridized carbons (Fsp3) is 0.259. The fourth-order valence-electron chi connectivity index (χ4n) is 7.60. The van der Waals surface area contributed by atoms with Crippen molar-refractivity contribution in [3.8, 4) is 17.6 Å². The van der Waals surface area contributed by atoms with Gasteiger partial charge in [-0.25, -0.2) is 0 Å². The molecular weight excluding hydrogens is 739 g/mol. The molecule has 0 fully saturated rings. The van der Waals surface area contributed by atoms with E-state index in [1.165, 1.54) is 12.8 Å². The Balaban J connectivity index is 0.840. The second-order valence-corrected chi connectivity index (χ2v) is 15.4. The van der Waals surface area contributed by atoms with Crippen LogP contribution in [0, 0.1) is 11.8 Å². The molecule has 2 amide bonds. The molecule has 0 saturated carbocycles. The summed E-state index contributed by atoms with van der Waals surface area (Å²) in [6.07, 6.45) is 9.06. The standard InChI is InChI=1S/C54H57N3O3/c1-57(2)50-37-29-43(30-38-50)27-28-44-31-39-51(40-32-44)60-41-19-8-6-4-3-5-7-18-26-52(58)55-42-53(59)56-49-35-33-48(34-36-49)54(45-20-12-9-13-21-45,46-22-14-10-15-23-46)47-24-16-11-17-25-47/h9-17,20-25,29-40H,3-8,18-19,26,41-42H2,1-2H3,(H,55,58)(H,56,59). The number of nitrogens with zero attached hydrogens (tertiary/aromatic N) is 1. The Hall–Kier alpha value is -6.58. The highest BCUT2D eigenvalue weighted by molar-refractivity contribution is 5.94. The number of amides is 2. The third-order valence-corrected chi connectivity index (χ3v) is 10.8. The molecule has 0 aliphatic carbocycles. The number of anilines is 2. The Labute approximate surface area is 357 Å². The molecule has 6 nitrogen and oxygen atoms in total.